The predicted molar refractivity (Wildman–Crippen MR) is 238 cm³/mol. The number of aromatic nitrogens is 4. The van der Waals surface area contributed by atoms with Crippen molar-refractivity contribution in [1.29, 1.82) is 0 Å². The summed E-state index contributed by atoms with van der Waals surface area (Å²) in [4.78, 5) is 16.1. The fourth-order valence-corrected chi connectivity index (χ4v) is 8.87. The van der Waals surface area contributed by atoms with Crippen LogP contribution in [-0.2, 0) is 0 Å². The van der Waals surface area contributed by atoms with Gasteiger partial charge in [-0.3, -0.25) is 4.57 Å². The summed E-state index contributed by atoms with van der Waals surface area (Å²) in [5.74, 6) is 1.72. The van der Waals surface area contributed by atoms with Crippen LogP contribution in [0, 0.1) is 0 Å². The van der Waals surface area contributed by atoms with Gasteiger partial charge in [0.2, 0.25) is 5.95 Å². The Morgan fingerprint density at radius 2 is 0.914 bits per heavy atom. The van der Waals surface area contributed by atoms with E-state index in [9.17, 15) is 0 Å². The molecule has 58 heavy (non-hydrogen) atoms. The second kappa shape index (κ2) is 12.8. The summed E-state index contributed by atoms with van der Waals surface area (Å²) in [6.07, 6.45) is 0. The summed E-state index contributed by atoms with van der Waals surface area (Å²) in [5.41, 5.74) is 10.2. The highest BCUT2D eigenvalue weighted by Crippen LogP contribution is 2.40. The summed E-state index contributed by atoms with van der Waals surface area (Å²) in [5, 5.41) is 8.89. The molecule has 5 heteroatoms. The Kier molecular flexibility index (Phi) is 7.16. The first-order chi connectivity index (χ1) is 28.8. The number of para-hydroxylation sites is 2. The van der Waals surface area contributed by atoms with Crippen LogP contribution in [-0.4, -0.2) is 19.5 Å². The van der Waals surface area contributed by atoms with Crippen LogP contribution in [0.15, 0.2) is 199 Å². The van der Waals surface area contributed by atoms with Crippen LogP contribution < -0.4 is 0 Å². The topological polar surface area (TPSA) is 56.7 Å². The van der Waals surface area contributed by atoms with Crippen molar-refractivity contribution in [2.75, 3.05) is 0 Å². The SMILES string of the molecule is c1ccc(-c2ccc3c(c2)c2ccccc2n3-c2nc(-c3cccc4c(-c5cccc6ccccc56)cccc34)nc(-c3cccc4oc5ccccc5c34)n2)cc1. The monoisotopic (exact) mass is 740 g/mol. The first-order valence-corrected chi connectivity index (χ1v) is 19.5. The highest BCUT2D eigenvalue weighted by Gasteiger charge is 2.22. The number of rotatable bonds is 5. The van der Waals surface area contributed by atoms with Crippen LogP contribution in [0.5, 0.6) is 0 Å². The number of nitrogens with zero attached hydrogens (tertiary/aromatic N) is 4. The minimum absolute atomic E-state index is 0.547. The third kappa shape index (κ3) is 5.00. The van der Waals surface area contributed by atoms with Crippen molar-refractivity contribution in [1.82, 2.24) is 19.5 Å². The van der Waals surface area contributed by atoms with Crippen LogP contribution in [0.4, 0.5) is 0 Å². The van der Waals surface area contributed by atoms with Crippen molar-refractivity contribution < 1.29 is 4.42 Å². The van der Waals surface area contributed by atoms with Gasteiger partial charge in [0.15, 0.2) is 11.6 Å². The lowest BCUT2D eigenvalue weighted by Gasteiger charge is -2.14. The summed E-state index contributed by atoms with van der Waals surface area (Å²) >= 11 is 0. The average Bonchev–Trinajstić information content (AvgIpc) is 3.84. The van der Waals surface area contributed by atoms with Gasteiger partial charge in [0.1, 0.15) is 11.2 Å². The van der Waals surface area contributed by atoms with Gasteiger partial charge < -0.3 is 4.42 Å². The molecular formula is C53H32N4O. The van der Waals surface area contributed by atoms with E-state index < -0.39 is 0 Å². The lowest BCUT2D eigenvalue weighted by Crippen LogP contribution is -2.06. The Morgan fingerprint density at radius 1 is 0.345 bits per heavy atom. The average molecular weight is 741 g/mol. The van der Waals surface area contributed by atoms with Gasteiger partial charge in [0.25, 0.3) is 0 Å². The van der Waals surface area contributed by atoms with E-state index >= 15 is 0 Å². The number of hydrogen-bond donors (Lipinski definition) is 0. The number of fused-ring (bicyclic) bond motifs is 8. The highest BCUT2D eigenvalue weighted by molar-refractivity contribution is 6.13. The van der Waals surface area contributed by atoms with Crippen molar-refractivity contribution in [3.05, 3.63) is 194 Å². The summed E-state index contributed by atoms with van der Waals surface area (Å²) in [6, 6.07) is 68.1. The van der Waals surface area contributed by atoms with Gasteiger partial charge in [-0.15, -0.1) is 0 Å². The lowest BCUT2D eigenvalue weighted by molar-refractivity contribution is 0.669. The van der Waals surface area contributed by atoms with Gasteiger partial charge in [-0.1, -0.05) is 164 Å². The van der Waals surface area contributed by atoms with Crippen LogP contribution in [0.1, 0.15) is 0 Å². The zero-order valence-electron chi connectivity index (χ0n) is 31.2. The molecule has 0 saturated heterocycles. The van der Waals surface area contributed by atoms with Crippen LogP contribution in [0.3, 0.4) is 0 Å². The molecule has 0 aliphatic carbocycles. The molecule has 3 heterocycles. The van der Waals surface area contributed by atoms with Crippen LogP contribution in [0.2, 0.25) is 0 Å². The van der Waals surface area contributed by atoms with E-state index in [0.717, 1.165) is 76.8 Å². The zero-order chi connectivity index (χ0) is 38.2. The molecule has 9 aromatic carbocycles. The van der Waals surface area contributed by atoms with Gasteiger partial charge in [-0.2, -0.15) is 9.97 Å². The minimum atomic E-state index is 0.547. The van der Waals surface area contributed by atoms with E-state index in [1.165, 1.54) is 21.9 Å². The summed E-state index contributed by atoms with van der Waals surface area (Å²) in [7, 11) is 0. The molecule has 0 bridgehead atoms. The molecule has 0 fully saturated rings. The molecule has 0 amide bonds. The number of benzene rings is 9. The standard InChI is InChI=1S/C53H32N4O/c1-2-14-33(15-3-1)35-30-31-47-45(32-35)41-19-6-8-27-46(41)57(47)53-55-51(54-52(56-53)44-26-13-29-49-50(44)43-20-7-9-28-48(43)58-49)42-25-12-23-39-38(22-11-24-40(39)42)37-21-10-17-34-16-4-5-18-36(34)37/h1-32H. The van der Waals surface area contributed by atoms with E-state index in [-0.39, 0.29) is 0 Å². The zero-order valence-corrected chi connectivity index (χ0v) is 31.2. The maximum atomic E-state index is 6.36. The molecule has 12 rings (SSSR count). The van der Waals surface area contributed by atoms with Gasteiger partial charge >= 0.3 is 0 Å². The maximum Gasteiger partial charge on any atom is 0.238 e. The molecule has 0 spiro atoms. The highest BCUT2D eigenvalue weighted by atomic mass is 16.3. The molecule has 0 aliphatic heterocycles. The third-order valence-corrected chi connectivity index (χ3v) is 11.5. The van der Waals surface area contributed by atoms with E-state index in [1.807, 2.05) is 30.3 Å². The molecule has 12 aromatic rings. The van der Waals surface area contributed by atoms with E-state index in [4.69, 9.17) is 19.4 Å². The first-order valence-electron chi connectivity index (χ1n) is 19.5. The molecule has 0 radical (unpaired) electrons. The van der Waals surface area contributed by atoms with Crippen molar-refractivity contribution in [3.8, 4) is 51.0 Å². The van der Waals surface area contributed by atoms with E-state index in [0.29, 0.717) is 17.6 Å². The third-order valence-electron chi connectivity index (χ3n) is 11.5. The van der Waals surface area contributed by atoms with Crippen molar-refractivity contribution in [2.45, 2.75) is 0 Å². The fraction of sp³-hybridized carbons (Fsp3) is 0. The van der Waals surface area contributed by atoms with Crippen LogP contribution >= 0.6 is 0 Å². The molecule has 270 valence electrons. The fourth-order valence-electron chi connectivity index (χ4n) is 8.87. The molecule has 0 unspecified atom stereocenters. The lowest BCUT2D eigenvalue weighted by atomic mass is 9.92. The number of furan rings is 1. The molecule has 0 saturated carbocycles. The van der Waals surface area contributed by atoms with Gasteiger partial charge in [-0.05, 0) is 74.1 Å². The largest absolute Gasteiger partial charge is 0.456 e. The van der Waals surface area contributed by atoms with E-state index in [2.05, 4.69) is 168 Å². The molecule has 0 aliphatic rings. The Hall–Kier alpha value is -7.89. The van der Waals surface area contributed by atoms with Gasteiger partial charge in [0, 0.05) is 32.7 Å². The summed E-state index contributed by atoms with van der Waals surface area (Å²) in [6.45, 7) is 0. The quantitative estimate of drug-likeness (QED) is 0.176. The maximum absolute atomic E-state index is 6.36. The Bertz CT molecular complexity index is 3580. The predicted octanol–water partition coefficient (Wildman–Crippen LogP) is 13.8. The normalized spacial score (nSPS) is 11.8. The molecular weight excluding hydrogens is 709 g/mol. The van der Waals surface area contributed by atoms with Gasteiger partial charge in [0.05, 0.1) is 11.0 Å². The van der Waals surface area contributed by atoms with Crippen molar-refractivity contribution in [3.63, 3.8) is 0 Å². The van der Waals surface area contributed by atoms with Crippen LogP contribution in [0.25, 0.3) is 116 Å². The first kappa shape index (κ1) is 32.4. The van der Waals surface area contributed by atoms with Crippen molar-refractivity contribution in [2.24, 2.45) is 0 Å². The molecule has 5 nitrogen and oxygen atoms in total. The summed E-state index contributed by atoms with van der Waals surface area (Å²) < 4.78 is 8.55. The van der Waals surface area contributed by atoms with E-state index in [1.54, 1.807) is 0 Å². The second-order valence-corrected chi connectivity index (χ2v) is 14.7. The number of hydrogen-bond acceptors (Lipinski definition) is 4. The molecule has 0 N–H and O–H groups in total. The molecule has 3 aromatic heterocycles. The Balaban J connectivity index is 1.15. The minimum Gasteiger partial charge on any atom is -0.456 e. The Labute approximate surface area is 333 Å². The smallest absolute Gasteiger partial charge is 0.238 e. The van der Waals surface area contributed by atoms with Crippen molar-refractivity contribution >= 4 is 65.3 Å². The Morgan fingerprint density at radius 3 is 1.78 bits per heavy atom. The van der Waals surface area contributed by atoms with Gasteiger partial charge in [-0.25, -0.2) is 4.98 Å². The second-order valence-electron chi connectivity index (χ2n) is 14.7. The molecule has 0 atom stereocenters.